The summed E-state index contributed by atoms with van der Waals surface area (Å²) in [5.74, 6) is 0.552. The number of nitrogens with zero attached hydrogens (tertiary/aromatic N) is 1. The second kappa shape index (κ2) is 7.01. The van der Waals surface area contributed by atoms with Gasteiger partial charge in [0.05, 0.1) is 11.6 Å². The van der Waals surface area contributed by atoms with Crippen molar-refractivity contribution in [1.29, 1.82) is 0 Å². The number of aromatic nitrogens is 1. The van der Waals surface area contributed by atoms with Gasteiger partial charge in [0.25, 0.3) is 0 Å². The Morgan fingerprint density at radius 2 is 2.19 bits per heavy atom. The Kier molecular flexibility index (Phi) is 4.84. The molecule has 2 aromatic rings. The molecule has 3 rings (SSSR count). The normalized spacial score (nSPS) is 22.5. The minimum absolute atomic E-state index is 0.191. The van der Waals surface area contributed by atoms with Crippen LogP contribution < -0.4 is 5.32 Å². The molecule has 0 bridgehead atoms. The summed E-state index contributed by atoms with van der Waals surface area (Å²) in [6.07, 6.45) is 5.68. The van der Waals surface area contributed by atoms with Gasteiger partial charge >= 0.3 is 0 Å². The predicted molar refractivity (Wildman–Crippen MR) is 86.3 cm³/mol. The van der Waals surface area contributed by atoms with E-state index < -0.39 is 0 Å². The van der Waals surface area contributed by atoms with Gasteiger partial charge in [0.1, 0.15) is 0 Å². The molecule has 112 valence electrons. The third-order valence-electron chi connectivity index (χ3n) is 4.27. The molecule has 0 spiro atoms. The topological polar surface area (TPSA) is 34.1 Å². The molecular formula is C18H24N2O. The average Bonchev–Trinajstić information content (AvgIpc) is 2.55. The largest absolute Gasteiger partial charge is 0.373 e. The third kappa shape index (κ3) is 3.25. The maximum atomic E-state index is 6.15. The molecular weight excluding hydrogens is 260 g/mol. The van der Waals surface area contributed by atoms with E-state index in [9.17, 15) is 0 Å². The first-order valence-electron chi connectivity index (χ1n) is 8.06. The molecule has 3 heteroatoms. The first-order chi connectivity index (χ1) is 10.4. The monoisotopic (exact) mass is 284 g/mol. The average molecular weight is 284 g/mol. The summed E-state index contributed by atoms with van der Waals surface area (Å²) in [6, 6.07) is 10.5. The molecule has 1 aromatic carbocycles. The second-order valence-electron chi connectivity index (χ2n) is 5.82. The van der Waals surface area contributed by atoms with Crippen LogP contribution in [0.3, 0.4) is 0 Å². The van der Waals surface area contributed by atoms with E-state index in [0.29, 0.717) is 5.92 Å². The third-order valence-corrected chi connectivity index (χ3v) is 4.27. The van der Waals surface area contributed by atoms with Crippen LogP contribution in [0.2, 0.25) is 0 Å². The van der Waals surface area contributed by atoms with E-state index in [1.54, 1.807) is 0 Å². The Labute approximate surface area is 126 Å². The van der Waals surface area contributed by atoms with Crippen LogP contribution in [-0.2, 0) is 4.74 Å². The standard InChI is InChI=1S/C18H24N2O/c1-2-10-19-13-14-6-5-12-21-18(14)16-9-11-20-17-8-4-3-7-15(16)17/h3-4,7-9,11,14,18-19H,2,5-6,10,12-13H2,1H3. The number of hydrogen-bond donors (Lipinski definition) is 1. The quantitative estimate of drug-likeness (QED) is 0.850. The lowest BCUT2D eigenvalue weighted by Crippen LogP contribution is -2.32. The van der Waals surface area contributed by atoms with Crippen LogP contribution >= 0.6 is 0 Å². The number of nitrogens with one attached hydrogen (secondary N) is 1. The predicted octanol–water partition coefficient (Wildman–Crippen LogP) is 3.70. The van der Waals surface area contributed by atoms with Crippen molar-refractivity contribution in [2.45, 2.75) is 32.3 Å². The zero-order valence-corrected chi connectivity index (χ0v) is 12.7. The van der Waals surface area contributed by atoms with Gasteiger partial charge in [-0.1, -0.05) is 25.1 Å². The first-order valence-corrected chi connectivity index (χ1v) is 8.06. The molecule has 1 fully saturated rings. The second-order valence-corrected chi connectivity index (χ2v) is 5.82. The fraction of sp³-hybridized carbons (Fsp3) is 0.500. The van der Waals surface area contributed by atoms with Crippen LogP contribution in [0.25, 0.3) is 10.9 Å². The fourth-order valence-corrected chi connectivity index (χ4v) is 3.23. The highest BCUT2D eigenvalue weighted by atomic mass is 16.5. The molecule has 0 saturated carbocycles. The van der Waals surface area contributed by atoms with E-state index in [4.69, 9.17) is 4.74 Å². The SMILES string of the molecule is CCCNCC1CCCOC1c1ccnc2ccccc12. The highest BCUT2D eigenvalue weighted by Gasteiger charge is 2.28. The molecule has 1 N–H and O–H groups in total. The molecule has 2 heterocycles. The minimum atomic E-state index is 0.191. The summed E-state index contributed by atoms with van der Waals surface area (Å²) in [5.41, 5.74) is 2.35. The van der Waals surface area contributed by atoms with Crippen LogP contribution in [0, 0.1) is 5.92 Å². The van der Waals surface area contributed by atoms with Gasteiger partial charge in [-0.2, -0.15) is 0 Å². The molecule has 1 saturated heterocycles. The molecule has 1 aliphatic heterocycles. The molecule has 0 aliphatic carbocycles. The number of pyridine rings is 1. The molecule has 0 amide bonds. The molecule has 2 atom stereocenters. The van der Waals surface area contributed by atoms with E-state index in [1.165, 1.54) is 23.8 Å². The maximum absolute atomic E-state index is 6.15. The van der Waals surface area contributed by atoms with Gasteiger partial charge in [0.2, 0.25) is 0 Å². The summed E-state index contributed by atoms with van der Waals surface area (Å²) < 4.78 is 6.15. The maximum Gasteiger partial charge on any atom is 0.0872 e. The van der Waals surface area contributed by atoms with E-state index in [2.05, 4.69) is 41.5 Å². The van der Waals surface area contributed by atoms with Crippen molar-refractivity contribution in [2.24, 2.45) is 5.92 Å². The molecule has 2 unspecified atom stereocenters. The highest BCUT2D eigenvalue weighted by molar-refractivity contribution is 5.82. The number of para-hydroxylation sites is 1. The number of fused-ring (bicyclic) bond motifs is 1. The highest BCUT2D eigenvalue weighted by Crippen LogP contribution is 2.36. The minimum Gasteiger partial charge on any atom is -0.373 e. The van der Waals surface area contributed by atoms with Crippen molar-refractivity contribution in [3.63, 3.8) is 0 Å². The van der Waals surface area contributed by atoms with E-state index >= 15 is 0 Å². The van der Waals surface area contributed by atoms with E-state index in [-0.39, 0.29) is 6.10 Å². The summed E-state index contributed by atoms with van der Waals surface area (Å²) in [7, 11) is 0. The van der Waals surface area contributed by atoms with E-state index in [0.717, 1.165) is 31.6 Å². The van der Waals surface area contributed by atoms with Crippen LogP contribution in [0.4, 0.5) is 0 Å². The van der Waals surface area contributed by atoms with Crippen molar-refractivity contribution >= 4 is 10.9 Å². The lowest BCUT2D eigenvalue weighted by Gasteiger charge is -2.33. The number of hydrogen-bond acceptors (Lipinski definition) is 3. The Bertz CT molecular complexity index is 579. The van der Waals surface area contributed by atoms with Crippen molar-refractivity contribution in [2.75, 3.05) is 19.7 Å². The zero-order chi connectivity index (χ0) is 14.5. The molecule has 21 heavy (non-hydrogen) atoms. The number of benzene rings is 1. The van der Waals surface area contributed by atoms with Gasteiger partial charge in [0.15, 0.2) is 0 Å². The Morgan fingerprint density at radius 1 is 1.29 bits per heavy atom. The summed E-state index contributed by atoms with van der Waals surface area (Å²) in [6.45, 7) is 5.19. The summed E-state index contributed by atoms with van der Waals surface area (Å²) in [5, 5.41) is 4.79. The number of rotatable bonds is 5. The molecule has 3 nitrogen and oxygen atoms in total. The van der Waals surface area contributed by atoms with Gasteiger partial charge in [-0.3, -0.25) is 4.98 Å². The molecule has 1 aliphatic rings. The Hall–Kier alpha value is -1.45. The van der Waals surface area contributed by atoms with Crippen molar-refractivity contribution in [1.82, 2.24) is 10.3 Å². The van der Waals surface area contributed by atoms with Crippen molar-refractivity contribution in [3.8, 4) is 0 Å². The summed E-state index contributed by atoms with van der Waals surface area (Å²) in [4.78, 5) is 4.47. The van der Waals surface area contributed by atoms with Crippen LogP contribution in [0.5, 0.6) is 0 Å². The van der Waals surface area contributed by atoms with Crippen molar-refractivity contribution < 1.29 is 4.74 Å². The van der Waals surface area contributed by atoms with Crippen LogP contribution in [0.15, 0.2) is 36.5 Å². The fourth-order valence-electron chi connectivity index (χ4n) is 3.23. The van der Waals surface area contributed by atoms with Gasteiger partial charge in [-0.05, 0) is 43.5 Å². The van der Waals surface area contributed by atoms with Gasteiger partial charge < -0.3 is 10.1 Å². The first kappa shape index (κ1) is 14.5. The van der Waals surface area contributed by atoms with Crippen LogP contribution in [-0.4, -0.2) is 24.7 Å². The smallest absolute Gasteiger partial charge is 0.0872 e. The number of ether oxygens (including phenoxy) is 1. The Balaban J connectivity index is 1.87. The molecule has 0 radical (unpaired) electrons. The van der Waals surface area contributed by atoms with Crippen LogP contribution in [0.1, 0.15) is 37.9 Å². The van der Waals surface area contributed by atoms with E-state index in [1.807, 2.05) is 12.3 Å². The Morgan fingerprint density at radius 3 is 3.10 bits per heavy atom. The lowest BCUT2D eigenvalue weighted by atomic mass is 9.88. The summed E-state index contributed by atoms with van der Waals surface area (Å²) >= 11 is 0. The van der Waals surface area contributed by atoms with Gasteiger partial charge in [-0.15, -0.1) is 0 Å². The van der Waals surface area contributed by atoms with Gasteiger partial charge in [-0.25, -0.2) is 0 Å². The molecule has 1 aromatic heterocycles. The van der Waals surface area contributed by atoms with Gasteiger partial charge in [0, 0.05) is 30.7 Å². The zero-order valence-electron chi connectivity index (χ0n) is 12.7. The lowest BCUT2D eigenvalue weighted by molar-refractivity contribution is -0.0268. The van der Waals surface area contributed by atoms with Crippen molar-refractivity contribution in [3.05, 3.63) is 42.1 Å².